The van der Waals surface area contributed by atoms with Crippen molar-refractivity contribution in [2.24, 2.45) is 23.7 Å². The van der Waals surface area contributed by atoms with Gasteiger partial charge in [0.2, 0.25) is 0 Å². The van der Waals surface area contributed by atoms with Crippen LogP contribution >= 0.6 is 0 Å². The predicted octanol–water partition coefficient (Wildman–Crippen LogP) is 6.30. The predicted molar refractivity (Wildman–Crippen MR) is 139 cm³/mol. The van der Waals surface area contributed by atoms with Gasteiger partial charge in [0.1, 0.15) is 0 Å². The molecule has 192 valence electrons. The van der Waals surface area contributed by atoms with E-state index in [1.807, 2.05) is 0 Å². The first-order valence-corrected chi connectivity index (χ1v) is 15.8. The lowest BCUT2D eigenvalue weighted by atomic mass is 9.66. The topological polar surface area (TPSA) is 27.7 Å². The average Bonchev–Trinajstić information content (AvgIpc) is 3.57. The Kier molecular flexibility index (Phi) is 5.53. The van der Waals surface area contributed by atoms with Crippen LogP contribution in [-0.4, -0.2) is 46.4 Å². The smallest absolute Gasteiger partial charge is 0.158 e. The molecule has 2 saturated heterocycles. The first-order chi connectivity index (χ1) is 17.4. The maximum Gasteiger partial charge on any atom is 0.158 e. The van der Waals surface area contributed by atoms with Crippen molar-refractivity contribution >= 4 is 0 Å². The molecular weight excluding hydrogens is 430 g/mol. The monoisotopic (exact) mass is 477 g/mol. The van der Waals surface area contributed by atoms with Crippen LogP contribution in [-0.2, 0) is 4.74 Å². The number of rotatable bonds is 2. The van der Waals surface area contributed by atoms with Gasteiger partial charge in [-0.15, -0.1) is 0 Å². The minimum absolute atomic E-state index is 0.435. The molecule has 4 heteroatoms. The van der Waals surface area contributed by atoms with Crippen molar-refractivity contribution in [3.63, 3.8) is 0 Å². The van der Waals surface area contributed by atoms with Gasteiger partial charge in [-0.25, -0.2) is 0 Å². The van der Waals surface area contributed by atoms with Gasteiger partial charge in [-0.2, -0.15) is 0 Å². The van der Waals surface area contributed by atoms with Crippen molar-refractivity contribution in [1.29, 1.82) is 0 Å². The summed E-state index contributed by atoms with van der Waals surface area (Å²) >= 11 is 0. The Hall–Kier alpha value is -1.00. The van der Waals surface area contributed by atoms with Gasteiger partial charge in [-0.05, 0) is 87.5 Å². The summed E-state index contributed by atoms with van der Waals surface area (Å²) in [5.41, 5.74) is 3.32. The normalized spacial score (nSPS) is 47.4. The molecule has 9 atom stereocenters. The number of hydrogen-bond donors (Lipinski definition) is 1. The molecule has 0 aromatic heterocycles. The van der Waals surface area contributed by atoms with Crippen LogP contribution in [0.1, 0.15) is 109 Å². The fourth-order valence-electron chi connectivity index (χ4n) is 10.4. The van der Waals surface area contributed by atoms with Crippen LogP contribution in [0.15, 0.2) is 23.5 Å². The maximum atomic E-state index is 6.95. The van der Waals surface area contributed by atoms with Crippen molar-refractivity contribution in [3.8, 4) is 0 Å². The number of nitrogens with one attached hydrogen (secondary N) is 1. The largest absolute Gasteiger partial charge is 0.374 e. The molecule has 5 aliphatic carbocycles. The van der Waals surface area contributed by atoms with Crippen LogP contribution in [0.3, 0.4) is 0 Å². The van der Waals surface area contributed by atoms with E-state index in [0.717, 1.165) is 29.8 Å². The lowest BCUT2D eigenvalue weighted by molar-refractivity contribution is -0.0368. The molecule has 35 heavy (non-hydrogen) atoms. The molecule has 1 N–H and O–H groups in total. The third kappa shape index (κ3) is 3.44. The van der Waals surface area contributed by atoms with Crippen molar-refractivity contribution in [2.75, 3.05) is 0 Å². The lowest BCUT2D eigenvalue weighted by Crippen LogP contribution is -2.50. The molecule has 0 bridgehead atoms. The van der Waals surface area contributed by atoms with Crippen molar-refractivity contribution in [3.05, 3.63) is 23.5 Å². The average molecular weight is 478 g/mol. The first-order valence-electron chi connectivity index (χ1n) is 15.8. The summed E-state index contributed by atoms with van der Waals surface area (Å²) in [6.45, 7) is 0. The van der Waals surface area contributed by atoms with E-state index >= 15 is 0 Å². The summed E-state index contributed by atoms with van der Waals surface area (Å²) < 4.78 is 6.95. The second-order valence-corrected chi connectivity index (χ2v) is 13.5. The third-order valence-electron chi connectivity index (χ3n) is 11.9. The molecule has 3 aliphatic heterocycles. The zero-order valence-electron chi connectivity index (χ0n) is 21.8. The fraction of sp³-hybridized carbons (Fsp3) is 0.871. The molecule has 0 spiro atoms. The van der Waals surface area contributed by atoms with E-state index < -0.39 is 0 Å². The molecule has 3 heterocycles. The van der Waals surface area contributed by atoms with Crippen molar-refractivity contribution in [1.82, 2.24) is 15.1 Å². The first kappa shape index (κ1) is 22.0. The number of hydrogen-bond acceptors (Lipinski definition) is 4. The van der Waals surface area contributed by atoms with E-state index in [2.05, 4.69) is 27.3 Å². The van der Waals surface area contributed by atoms with Gasteiger partial charge in [-0.3, -0.25) is 5.32 Å². The Morgan fingerprint density at radius 3 is 2.43 bits per heavy atom. The Bertz CT molecular complexity index is 876. The Morgan fingerprint density at radius 1 is 0.714 bits per heavy atom. The Morgan fingerprint density at radius 2 is 1.49 bits per heavy atom. The summed E-state index contributed by atoms with van der Waals surface area (Å²) in [6, 6.07) is 2.17. The van der Waals surface area contributed by atoms with Crippen molar-refractivity contribution in [2.45, 2.75) is 146 Å². The number of allylic oxidation sites excluding steroid dienone is 3. The van der Waals surface area contributed by atoms with E-state index in [1.165, 1.54) is 109 Å². The molecular formula is C31H47N3O. The molecule has 0 radical (unpaired) electrons. The Labute approximate surface area is 212 Å². The van der Waals surface area contributed by atoms with Gasteiger partial charge in [0.25, 0.3) is 0 Å². The molecule has 0 aromatic rings. The molecule has 8 rings (SSSR count). The molecule has 4 nitrogen and oxygen atoms in total. The summed E-state index contributed by atoms with van der Waals surface area (Å²) in [4.78, 5) is 5.81. The molecule has 0 aromatic carbocycles. The minimum Gasteiger partial charge on any atom is -0.374 e. The van der Waals surface area contributed by atoms with Crippen LogP contribution in [0.5, 0.6) is 0 Å². The highest BCUT2D eigenvalue weighted by atomic mass is 16.5. The third-order valence-corrected chi connectivity index (χ3v) is 11.9. The van der Waals surface area contributed by atoms with E-state index in [1.54, 1.807) is 11.4 Å². The molecule has 0 amide bonds. The fourth-order valence-corrected chi connectivity index (χ4v) is 10.4. The van der Waals surface area contributed by atoms with Crippen molar-refractivity contribution < 1.29 is 4.74 Å². The molecule has 4 saturated carbocycles. The van der Waals surface area contributed by atoms with E-state index in [0.29, 0.717) is 30.5 Å². The van der Waals surface area contributed by atoms with Gasteiger partial charge in [0.05, 0.1) is 17.9 Å². The lowest BCUT2D eigenvalue weighted by Gasteiger charge is -2.40. The minimum atomic E-state index is 0.435. The van der Waals surface area contributed by atoms with Crippen LogP contribution in [0, 0.1) is 23.7 Å². The van der Waals surface area contributed by atoms with Crippen LogP contribution in [0.4, 0.5) is 0 Å². The van der Waals surface area contributed by atoms with Crippen LogP contribution in [0.2, 0.25) is 0 Å². The highest BCUT2D eigenvalue weighted by Crippen LogP contribution is 2.54. The van der Waals surface area contributed by atoms with Gasteiger partial charge >= 0.3 is 0 Å². The van der Waals surface area contributed by atoms with E-state index in [4.69, 9.17) is 4.74 Å². The highest BCUT2D eigenvalue weighted by Gasteiger charge is 2.55. The van der Waals surface area contributed by atoms with Gasteiger partial charge in [0.15, 0.2) is 6.29 Å². The molecule has 9 unspecified atom stereocenters. The van der Waals surface area contributed by atoms with Gasteiger partial charge < -0.3 is 14.5 Å². The quantitative estimate of drug-likeness (QED) is 0.505. The van der Waals surface area contributed by atoms with Gasteiger partial charge in [-0.1, -0.05) is 57.4 Å². The zero-order valence-corrected chi connectivity index (χ0v) is 21.8. The highest BCUT2D eigenvalue weighted by molar-refractivity contribution is 5.37. The van der Waals surface area contributed by atoms with Crippen LogP contribution < -0.4 is 5.32 Å². The molecule has 8 aliphatic rings. The summed E-state index contributed by atoms with van der Waals surface area (Å²) in [6.07, 6.45) is 30.6. The second-order valence-electron chi connectivity index (χ2n) is 13.5. The maximum absolute atomic E-state index is 6.95. The number of nitrogens with zero attached hydrogens (tertiary/aromatic N) is 2. The van der Waals surface area contributed by atoms with E-state index in [-0.39, 0.29) is 0 Å². The Balaban J connectivity index is 1.09. The summed E-state index contributed by atoms with van der Waals surface area (Å²) in [5.74, 6) is 3.15. The van der Waals surface area contributed by atoms with Gasteiger partial charge in [0, 0.05) is 23.8 Å². The molecule has 6 fully saturated rings. The van der Waals surface area contributed by atoms with E-state index in [9.17, 15) is 0 Å². The summed E-state index contributed by atoms with van der Waals surface area (Å²) in [5, 5.41) is 4.18. The second kappa shape index (κ2) is 8.79. The number of ether oxygens (including phenoxy) is 1. The SMILES string of the molecule is C1=CC(C2CCCC3C4CCCCC4OC23)CC2=C1N(C1CCCCC1)C1NC3CCCCC3N21. The standard InChI is InChI=1S/C31H47N3O/c1-2-9-21(10-3-1)33-27-18-17-20(19-28(27)34-26-15-6-5-14-25(26)32-31(33)34)22-12-8-13-24-23-11-4-7-16-29(23)35-30(22)24/h17-18,20-26,29-32H,1-16,19H2. The summed E-state index contributed by atoms with van der Waals surface area (Å²) in [7, 11) is 0. The van der Waals surface area contributed by atoms with Crippen LogP contribution in [0.25, 0.3) is 0 Å². The zero-order chi connectivity index (χ0) is 22.9. The number of fused-ring (bicyclic) bond motifs is 7.